The standard InChI is InChI=1S/C24H30ClN5O2/c1-15-13-19(31)22-20(15)23(28-14-27-22)29-9-11-30(12-10-29)24(32)21(18-3-2-8-26-18)16-4-6-17(25)7-5-16/h4-7,14-15,18-19,21,26,31H,2-3,8-13H2,1H3/t15-,18?,19+,21?/m1/s1. The number of anilines is 1. The van der Waals surface area contributed by atoms with Gasteiger partial charge in [0.2, 0.25) is 5.91 Å². The first-order valence-electron chi connectivity index (χ1n) is 11.6. The molecule has 170 valence electrons. The summed E-state index contributed by atoms with van der Waals surface area (Å²) in [4.78, 5) is 26.8. The first-order valence-corrected chi connectivity index (χ1v) is 12.0. The number of carbonyl (C=O) groups excluding carboxylic acids is 1. The molecule has 32 heavy (non-hydrogen) atoms. The van der Waals surface area contributed by atoms with E-state index >= 15 is 0 Å². The first-order chi connectivity index (χ1) is 15.5. The molecular weight excluding hydrogens is 426 g/mol. The van der Waals surface area contributed by atoms with E-state index in [9.17, 15) is 9.90 Å². The quantitative estimate of drug-likeness (QED) is 0.737. The Hall–Kier alpha value is -2.22. The zero-order valence-corrected chi connectivity index (χ0v) is 19.1. The molecule has 3 heterocycles. The van der Waals surface area contributed by atoms with Crippen molar-refractivity contribution in [3.63, 3.8) is 0 Å². The lowest BCUT2D eigenvalue weighted by atomic mass is 9.89. The second-order valence-electron chi connectivity index (χ2n) is 9.19. The number of amides is 1. The van der Waals surface area contributed by atoms with Crippen molar-refractivity contribution in [2.45, 2.75) is 50.2 Å². The number of nitrogens with zero attached hydrogens (tertiary/aromatic N) is 4. The molecule has 1 aromatic heterocycles. The fourth-order valence-corrected chi connectivity index (χ4v) is 5.63. The predicted octanol–water partition coefficient (Wildman–Crippen LogP) is 2.86. The Kier molecular flexibility index (Phi) is 6.05. The highest BCUT2D eigenvalue weighted by Crippen LogP contribution is 2.42. The minimum atomic E-state index is -0.510. The summed E-state index contributed by atoms with van der Waals surface area (Å²) in [6.07, 6.45) is 3.83. The summed E-state index contributed by atoms with van der Waals surface area (Å²) in [7, 11) is 0. The average molecular weight is 456 g/mol. The van der Waals surface area contributed by atoms with Crippen molar-refractivity contribution >= 4 is 23.3 Å². The molecule has 2 fully saturated rings. The zero-order chi connectivity index (χ0) is 22.2. The fourth-order valence-electron chi connectivity index (χ4n) is 5.50. The van der Waals surface area contributed by atoms with Gasteiger partial charge in [-0.15, -0.1) is 0 Å². The van der Waals surface area contributed by atoms with E-state index in [1.807, 2.05) is 29.2 Å². The van der Waals surface area contributed by atoms with Crippen LogP contribution < -0.4 is 10.2 Å². The molecule has 1 amide bonds. The lowest BCUT2D eigenvalue weighted by molar-refractivity contribution is -0.133. The van der Waals surface area contributed by atoms with Crippen LogP contribution in [0.3, 0.4) is 0 Å². The smallest absolute Gasteiger partial charge is 0.231 e. The molecule has 2 unspecified atom stereocenters. The van der Waals surface area contributed by atoms with Gasteiger partial charge in [0.15, 0.2) is 0 Å². The van der Waals surface area contributed by atoms with Gasteiger partial charge in [0.25, 0.3) is 0 Å². The van der Waals surface area contributed by atoms with Crippen LogP contribution >= 0.6 is 11.6 Å². The molecule has 0 bridgehead atoms. The molecule has 1 aliphatic carbocycles. The second-order valence-corrected chi connectivity index (χ2v) is 9.63. The maximum atomic E-state index is 13.7. The number of benzene rings is 1. The Bertz CT molecular complexity index is 971. The Morgan fingerprint density at radius 3 is 2.62 bits per heavy atom. The summed E-state index contributed by atoms with van der Waals surface area (Å²) < 4.78 is 0. The molecule has 3 aliphatic rings. The Morgan fingerprint density at radius 1 is 1.19 bits per heavy atom. The van der Waals surface area contributed by atoms with Crippen molar-refractivity contribution in [1.29, 1.82) is 0 Å². The number of aliphatic hydroxyl groups is 1. The summed E-state index contributed by atoms with van der Waals surface area (Å²) in [6, 6.07) is 7.87. The number of carbonyl (C=O) groups is 1. The molecule has 5 rings (SSSR count). The highest BCUT2D eigenvalue weighted by molar-refractivity contribution is 6.30. The minimum Gasteiger partial charge on any atom is -0.387 e. The first kappa shape index (κ1) is 21.6. The van der Waals surface area contributed by atoms with Crippen LogP contribution in [0.4, 0.5) is 5.82 Å². The van der Waals surface area contributed by atoms with E-state index in [4.69, 9.17) is 11.6 Å². The number of hydrogen-bond donors (Lipinski definition) is 2. The highest BCUT2D eigenvalue weighted by atomic mass is 35.5. The van der Waals surface area contributed by atoms with Crippen LogP contribution in [0.1, 0.15) is 60.9 Å². The summed E-state index contributed by atoms with van der Waals surface area (Å²) in [5, 5.41) is 14.5. The SMILES string of the molecule is C[C@@H]1C[C@H](O)c2ncnc(N3CCN(C(=O)C(c4ccc(Cl)cc4)C4CCCN4)CC3)c21. The third-order valence-electron chi connectivity index (χ3n) is 7.17. The van der Waals surface area contributed by atoms with E-state index in [0.717, 1.165) is 55.1 Å². The summed E-state index contributed by atoms with van der Waals surface area (Å²) >= 11 is 6.10. The normalized spacial score (nSPS) is 26.3. The molecule has 2 N–H and O–H groups in total. The van der Waals surface area contributed by atoms with Crippen LogP contribution in [-0.4, -0.2) is 64.6 Å². The van der Waals surface area contributed by atoms with Crippen LogP contribution in [0.25, 0.3) is 0 Å². The van der Waals surface area contributed by atoms with Gasteiger partial charge in [-0.05, 0) is 49.4 Å². The fraction of sp³-hybridized carbons (Fsp3) is 0.542. The van der Waals surface area contributed by atoms with Crippen molar-refractivity contribution in [2.24, 2.45) is 0 Å². The van der Waals surface area contributed by atoms with E-state index in [0.29, 0.717) is 24.5 Å². The van der Waals surface area contributed by atoms with Crippen molar-refractivity contribution in [2.75, 3.05) is 37.6 Å². The Labute approximate surface area is 193 Å². The molecule has 2 saturated heterocycles. The molecule has 0 spiro atoms. The van der Waals surface area contributed by atoms with Gasteiger partial charge in [0.05, 0.1) is 17.7 Å². The van der Waals surface area contributed by atoms with Crippen LogP contribution in [0.5, 0.6) is 0 Å². The number of hydrogen-bond acceptors (Lipinski definition) is 6. The van der Waals surface area contributed by atoms with E-state index in [-0.39, 0.29) is 23.8 Å². The average Bonchev–Trinajstić information content (AvgIpc) is 3.44. The number of nitrogens with one attached hydrogen (secondary N) is 1. The number of piperazine rings is 1. The molecule has 0 saturated carbocycles. The predicted molar refractivity (Wildman–Crippen MR) is 124 cm³/mol. The van der Waals surface area contributed by atoms with Gasteiger partial charge in [0, 0.05) is 42.8 Å². The number of rotatable bonds is 4. The topological polar surface area (TPSA) is 81.6 Å². The molecule has 2 aromatic rings. The van der Waals surface area contributed by atoms with Gasteiger partial charge < -0.3 is 20.2 Å². The van der Waals surface area contributed by atoms with Crippen molar-refractivity contribution < 1.29 is 9.90 Å². The molecule has 2 aliphatic heterocycles. The van der Waals surface area contributed by atoms with Crippen LogP contribution in [0, 0.1) is 0 Å². The molecule has 7 nitrogen and oxygen atoms in total. The number of aliphatic hydroxyl groups excluding tert-OH is 1. The lowest BCUT2D eigenvalue weighted by Gasteiger charge is -2.38. The number of fused-ring (bicyclic) bond motifs is 1. The molecule has 8 heteroatoms. The summed E-state index contributed by atoms with van der Waals surface area (Å²) in [5.41, 5.74) is 2.85. The van der Waals surface area contributed by atoms with Gasteiger partial charge in [-0.2, -0.15) is 0 Å². The maximum absolute atomic E-state index is 13.7. The summed E-state index contributed by atoms with van der Waals surface area (Å²) in [5.74, 6) is 1.14. The van der Waals surface area contributed by atoms with Gasteiger partial charge in [-0.25, -0.2) is 9.97 Å². The molecule has 4 atom stereocenters. The lowest BCUT2D eigenvalue weighted by Crippen LogP contribution is -2.52. The van der Waals surface area contributed by atoms with Gasteiger partial charge in [-0.1, -0.05) is 30.7 Å². The molecular formula is C24H30ClN5O2. The van der Waals surface area contributed by atoms with Gasteiger partial charge in [-0.3, -0.25) is 4.79 Å². The zero-order valence-electron chi connectivity index (χ0n) is 18.4. The Balaban J connectivity index is 1.32. The van der Waals surface area contributed by atoms with Crippen LogP contribution in [0.2, 0.25) is 5.02 Å². The van der Waals surface area contributed by atoms with Gasteiger partial charge >= 0.3 is 0 Å². The van der Waals surface area contributed by atoms with Crippen molar-refractivity contribution in [1.82, 2.24) is 20.2 Å². The third-order valence-corrected chi connectivity index (χ3v) is 7.42. The number of aromatic nitrogens is 2. The maximum Gasteiger partial charge on any atom is 0.231 e. The highest BCUT2D eigenvalue weighted by Gasteiger charge is 2.37. The minimum absolute atomic E-state index is 0.161. The van der Waals surface area contributed by atoms with E-state index in [1.54, 1.807) is 6.33 Å². The van der Waals surface area contributed by atoms with E-state index in [2.05, 4.69) is 27.1 Å². The number of halogens is 1. The third kappa shape index (κ3) is 3.98. The van der Waals surface area contributed by atoms with Crippen molar-refractivity contribution in [3.05, 3.63) is 52.4 Å². The van der Waals surface area contributed by atoms with Crippen LogP contribution in [-0.2, 0) is 4.79 Å². The largest absolute Gasteiger partial charge is 0.387 e. The Morgan fingerprint density at radius 2 is 1.94 bits per heavy atom. The van der Waals surface area contributed by atoms with Crippen molar-refractivity contribution in [3.8, 4) is 0 Å². The van der Waals surface area contributed by atoms with E-state index in [1.165, 1.54) is 0 Å². The molecule has 0 radical (unpaired) electrons. The van der Waals surface area contributed by atoms with Crippen LogP contribution in [0.15, 0.2) is 30.6 Å². The summed E-state index contributed by atoms with van der Waals surface area (Å²) in [6.45, 7) is 5.84. The molecule has 1 aromatic carbocycles. The van der Waals surface area contributed by atoms with Gasteiger partial charge in [0.1, 0.15) is 12.1 Å². The van der Waals surface area contributed by atoms with E-state index < -0.39 is 6.10 Å². The second kappa shape index (κ2) is 8.96. The monoisotopic (exact) mass is 455 g/mol.